The zero-order valence-electron chi connectivity index (χ0n) is 8.43. The van der Waals surface area contributed by atoms with Crippen molar-refractivity contribution in [3.63, 3.8) is 0 Å². The summed E-state index contributed by atoms with van der Waals surface area (Å²) < 4.78 is 42.6. The van der Waals surface area contributed by atoms with Crippen molar-refractivity contribution in [2.24, 2.45) is 0 Å². The van der Waals surface area contributed by atoms with E-state index in [9.17, 15) is 18.0 Å². The summed E-state index contributed by atoms with van der Waals surface area (Å²) in [6.45, 7) is 0. The summed E-state index contributed by atoms with van der Waals surface area (Å²) in [6, 6.07) is 3.12. The molecule has 90 valence electrons. The molecule has 0 amide bonds. The van der Waals surface area contributed by atoms with Crippen LogP contribution in [0.1, 0.15) is 21.5 Å². The second-order valence-electron chi connectivity index (χ2n) is 2.98. The van der Waals surface area contributed by atoms with E-state index < -0.39 is 28.1 Å². The standard InChI is InChI=1S/C10H5ClF3NO2/c1-17-6-2-5(4-15)8(9(11)16)7(3-6)10(12,13)14/h2-3H,1H3. The third-order valence-corrected chi connectivity index (χ3v) is 2.16. The number of hydrogen-bond donors (Lipinski definition) is 0. The molecule has 17 heavy (non-hydrogen) atoms. The van der Waals surface area contributed by atoms with Crippen molar-refractivity contribution in [2.75, 3.05) is 7.11 Å². The van der Waals surface area contributed by atoms with Crippen LogP contribution >= 0.6 is 11.6 Å². The van der Waals surface area contributed by atoms with E-state index in [-0.39, 0.29) is 5.75 Å². The first-order chi connectivity index (χ1) is 7.81. The van der Waals surface area contributed by atoms with Gasteiger partial charge in [-0.2, -0.15) is 18.4 Å². The van der Waals surface area contributed by atoms with E-state index in [1.807, 2.05) is 0 Å². The van der Waals surface area contributed by atoms with Gasteiger partial charge >= 0.3 is 6.18 Å². The Morgan fingerprint density at radius 2 is 2.06 bits per heavy atom. The van der Waals surface area contributed by atoms with E-state index >= 15 is 0 Å². The van der Waals surface area contributed by atoms with Crippen molar-refractivity contribution >= 4 is 16.8 Å². The fourth-order valence-electron chi connectivity index (χ4n) is 1.26. The van der Waals surface area contributed by atoms with Crippen LogP contribution in [0.5, 0.6) is 5.75 Å². The summed E-state index contributed by atoms with van der Waals surface area (Å²) in [4.78, 5) is 11.0. The number of nitrogens with zero attached hydrogens (tertiary/aromatic N) is 1. The van der Waals surface area contributed by atoms with Crippen molar-refractivity contribution in [2.45, 2.75) is 6.18 Å². The third kappa shape index (κ3) is 2.68. The zero-order chi connectivity index (χ0) is 13.2. The molecule has 1 rings (SSSR count). The highest BCUT2D eigenvalue weighted by Crippen LogP contribution is 2.36. The van der Waals surface area contributed by atoms with Crippen molar-refractivity contribution in [3.8, 4) is 11.8 Å². The molecule has 0 aliphatic heterocycles. The molecular weight excluding hydrogens is 259 g/mol. The molecule has 0 heterocycles. The lowest BCUT2D eigenvalue weighted by atomic mass is 10.0. The summed E-state index contributed by atoms with van der Waals surface area (Å²) in [5, 5.41) is 7.36. The SMILES string of the molecule is COc1cc(C#N)c(C(=O)Cl)c(C(F)(F)F)c1. The van der Waals surface area contributed by atoms with Gasteiger partial charge in [-0.15, -0.1) is 0 Å². The van der Waals surface area contributed by atoms with Crippen LogP contribution in [-0.4, -0.2) is 12.4 Å². The molecule has 0 aromatic heterocycles. The minimum atomic E-state index is -4.79. The highest BCUT2D eigenvalue weighted by atomic mass is 35.5. The molecule has 0 saturated heterocycles. The highest BCUT2D eigenvalue weighted by Gasteiger charge is 2.37. The van der Waals surface area contributed by atoms with Crippen LogP contribution < -0.4 is 4.74 Å². The number of carbonyl (C=O) groups is 1. The Balaban J connectivity index is 3.66. The lowest BCUT2D eigenvalue weighted by molar-refractivity contribution is -0.138. The molecule has 7 heteroatoms. The van der Waals surface area contributed by atoms with Gasteiger partial charge in [0.25, 0.3) is 5.24 Å². The molecule has 1 aromatic rings. The number of carbonyl (C=O) groups excluding carboxylic acids is 1. The number of nitriles is 1. The van der Waals surface area contributed by atoms with E-state index in [1.54, 1.807) is 0 Å². The van der Waals surface area contributed by atoms with Crippen molar-refractivity contribution in [1.29, 1.82) is 5.26 Å². The Bertz CT molecular complexity index is 505. The average Bonchev–Trinajstić information content (AvgIpc) is 2.25. The smallest absolute Gasteiger partial charge is 0.417 e. The zero-order valence-corrected chi connectivity index (χ0v) is 9.19. The molecule has 0 spiro atoms. The number of benzene rings is 1. The summed E-state index contributed by atoms with van der Waals surface area (Å²) in [5.74, 6) is -0.171. The van der Waals surface area contributed by atoms with Crippen LogP contribution in [0.15, 0.2) is 12.1 Å². The highest BCUT2D eigenvalue weighted by molar-refractivity contribution is 6.68. The van der Waals surface area contributed by atoms with Gasteiger partial charge in [0.1, 0.15) is 11.8 Å². The van der Waals surface area contributed by atoms with Crippen LogP contribution in [0, 0.1) is 11.3 Å². The summed E-state index contributed by atoms with van der Waals surface area (Å²) in [6.07, 6.45) is -4.79. The molecular formula is C10H5ClF3NO2. The normalized spacial score (nSPS) is 10.8. The quantitative estimate of drug-likeness (QED) is 0.771. The minimum absolute atomic E-state index is 0.171. The molecule has 0 aliphatic rings. The third-order valence-electron chi connectivity index (χ3n) is 1.97. The molecule has 0 N–H and O–H groups in total. The van der Waals surface area contributed by atoms with Gasteiger partial charge in [-0.05, 0) is 23.7 Å². The Hall–Kier alpha value is -1.74. The van der Waals surface area contributed by atoms with Gasteiger partial charge in [-0.25, -0.2) is 0 Å². The van der Waals surface area contributed by atoms with Crippen LogP contribution in [0.2, 0.25) is 0 Å². The van der Waals surface area contributed by atoms with Gasteiger partial charge in [0, 0.05) is 0 Å². The molecule has 0 fully saturated rings. The van der Waals surface area contributed by atoms with Crippen molar-refractivity contribution in [1.82, 2.24) is 0 Å². The first kappa shape index (κ1) is 13.3. The second-order valence-corrected chi connectivity index (χ2v) is 3.32. The number of hydrogen-bond acceptors (Lipinski definition) is 3. The van der Waals surface area contributed by atoms with Crippen LogP contribution in [-0.2, 0) is 6.18 Å². The predicted octanol–water partition coefficient (Wildman–Crippen LogP) is 2.96. The molecule has 0 radical (unpaired) electrons. The molecule has 3 nitrogen and oxygen atoms in total. The molecule has 0 atom stereocenters. The number of rotatable bonds is 2. The van der Waals surface area contributed by atoms with Crippen LogP contribution in [0.3, 0.4) is 0 Å². The minimum Gasteiger partial charge on any atom is -0.497 e. The Morgan fingerprint density at radius 3 is 2.41 bits per heavy atom. The summed E-state index contributed by atoms with van der Waals surface area (Å²) in [7, 11) is 1.15. The Labute approximate surface area is 99.4 Å². The molecule has 0 saturated carbocycles. The van der Waals surface area contributed by atoms with Crippen LogP contribution in [0.25, 0.3) is 0 Å². The second kappa shape index (κ2) is 4.63. The first-order valence-electron chi connectivity index (χ1n) is 4.20. The van der Waals surface area contributed by atoms with Gasteiger partial charge in [0.2, 0.25) is 0 Å². The van der Waals surface area contributed by atoms with E-state index in [0.29, 0.717) is 6.07 Å². The predicted molar refractivity (Wildman–Crippen MR) is 52.9 cm³/mol. The summed E-state index contributed by atoms with van der Waals surface area (Å²) >= 11 is 5.06. The molecule has 0 aliphatic carbocycles. The fraction of sp³-hybridized carbons (Fsp3) is 0.200. The number of ether oxygens (including phenoxy) is 1. The van der Waals surface area contributed by atoms with Gasteiger partial charge < -0.3 is 4.74 Å². The number of methoxy groups -OCH3 is 1. The summed E-state index contributed by atoms with van der Waals surface area (Å²) in [5.41, 5.74) is -2.62. The Morgan fingerprint density at radius 1 is 1.47 bits per heavy atom. The number of alkyl halides is 3. The fourth-order valence-corrected chi connectivity index (χ4v) is 1.46. The topological polar surface area (TPSA) is 50.1 Å². The molecule has 1 aromatic carbocycles. The van der Waals surface area contributed by atoms with Gasteiger partial charge in [0.15, 0.2) is 0 Å². The number of halogens is 4. The van der Waals surface area contributed by atoms with E-state index in [4.69, 9.17) is 16.9 Å². The van der Waals surface area contributed by atoms with Crippen molar-refractivity contribution in [3.05, 3.63) is 28.8 Å². The van der Waals surface area contributed by atoms with E-state index in [2.05, 4.69) is 4.74 Å². The lowest BCUT2D eigenvalue weighted by Gasteiger charge is -2.13. The van der Waals surface area contributed by atoms with Gasteiger partial charge in [0.05, 0.1) is 23.8 Å². The van der Waals surface area contributed by atoms with Crippen LogP contribution in [0.4, 0.5) is 13.2 Å². The first-order valence-corrected chi connectivity index (χ1v) is 4.58. The lowest BCUT2D eigenvalue weighted by Crippen LogP contribution is -2.13. The van der Waals surface area contributed by atoms with E-state index in [1.165, 1.54) is 6.07 Å². The molecule has 0 bridgehead atoms. The Kier molecular flexibility index (Phi) is 3.63. The average molecular weight is 264 g/mol. The largest absolute Gasteiger partial charge is 0.497 e. The maximum Gasteiger partial charge on any atom is 0.417 e. The van der Waals surface area contributed by atoms with E-state index in [0.717, 1.165) is 13.2 Å². The maximum atomic E-state index is 12.7. The van der Waals surface area contributed by atoms with Gasteiger partial charge in [-0.3, -0.25) is 4.79 Å². The van der Waals surface area contributed by atoms with Crippen molar-refractivity contribution < 1.29 is 22.7 Å². The molecule has 0 unspecified atom stereocenters. The monoisotopic (exact) mass is 263 g/mol. The van der Waals surface area contributed by atoms with Gasteiger partial charge in [-0.1, -0.05) is 0 Å². The maximum absolute atomic E-state index is 12.7.